The molecule has 0 aromatic heterocycles. The number of hydrogen-bond donors (Lipinski definition) is 2. The maximum absolute atomic E-state index is 12.1. The molecule has 2 N–H and O–H groups in total. The molecule has 0 spiro atoms. The molecule has 0 saturated heterocycles. The van der Waals surface area contributed by atoms with Crippen LogP contribution in [0.5, 0.6) is 0 Å². The number of halogens is 1. The van der Waals surface area contributed by atoms with Gasteiger partial charge in [0.05, 0.1) is 17.5 Å². The molecule has 6 nitrogen and oxygen atoms in total. The van der Waals surface area contributed by atoms with E-state index in [1.54, 1.807) is 30.3 Å². The molecule has 0 radical (unpaired) electrons. The van der Waals surface area contributed by atoms with Crippen molar-refractivity contribution in [2.75, 3.05) is 6.54 Å². The van der Waals surface area contributed by atoms with Crippen molar-refractivity contribution in [3.05, 3.63) is 64.7 Å². The fourth-order valence-electron chi connectivity index (χ4n) is 2.67. The number of nitrogens with one attached hydrogen (secondary N) is 2. The summed E-state index contributed by atoms with van der Waals surface area (Å²) < 4.78 is 26.4. The van der Waals surface area contributed by atoms with Gasteiger partial charge in [-0.2, -0.15) is 0 Å². The first-order chi connectivity index (χ1) is 12.4. The maximum Gasteiger partial charge on any atom is 0.263 e. The Balaban J connectivity index is 1.59. The second-order valence-corrected chi connectivity index (χ2v) is 8.01. The third-order valence-corrected chi connectivity index (χ3v) is 5.67. The van der Waals surface area contributed by atoms with Crippen molar-refractivity contribution >= 4 is 33.4 Å². The smallest absolute Gasteiger partial charge is 0.263 e. The number of aliphatic imine (C=N–C) groups is 1. The fourth-order valence-corrected chi connectivity index (χ4v) is 4.05. The second kappa shape index (κ2) is 7.47. The summed E-state index contributed by atoms with van der Waals surface area (Å²) in [5.74, 6) is 0.116. The van der Waals surface area contributed by atoms with Gasteiger partial charge < -0.3 is 5.32 Å². The number of carbonyl (C=O) groups excluding carboxylic acids is 1. The van der Waals surface area contributed by atoms with Gasteiger partial charge in [-0.15, -0.1) is 0 Å². The van der Waals surface area contributed by atoms with Gasteiger partial charge >= 0.3 is 0 Å². The monoisotopic (exact) mass is 391 g/mol. The Morgan fingerprint density at radius 1 is 1.19 bits per heavy atom. The molecule has 0 bridgehead atoms. The molecule has 2 aromatic rings. The van der Waals surface area contributed by atoms with E-state index in [1.165, 1.54) is 6.07 Å². The van der Waals surface area contributed by atoms with Gasteiger partial charge in [-0.25, -0.2) is 8.42 Å². The summed E-state index contributed by atoms with van der Waals surface area (Å²) in [6.45, 7) is 2.07. The minimum Gasteiger partial charge on any atom is -0.350 e. The highest BCUT2D eigenvalue weighted by Crippen LogP contribution is 2.22. The lowest BCUT2D eigenvalue weighted by Gasteiger charge is -2.14. The van der Waals surface area contributed by atoms with Crippen molar-refractivity contribution in [1.82, 2.24) is 10.0 Å². The Bertz CT molecular complexity index is 956. The Labute approximate surface area is 157 Å². The minimum absolute atomic E-state index is 0.155. The third-order valence-electron chi connectivity index (χ3n) is 4.02. The van der Waals surface area contributed by atoms with Crippen molar-refractivity contribution < 1.29 is 13.2 Å². The second-order valence-electron chi connectivity index (χ2n) is 5.92. The molecule has 2 aromatic carbocycles. The molecule has 1 aliphatic rings. The number of carbonyl (C=O) groups is 1. The van der Waals surface area contributed by atoms with Gasteiger partial charge in [0.1, 0.15) is 5.84 Å². The van der Waals surface area contributed by atoms with Crippen LogP contribution in [0.15, 0.2) is 58.4 Å². The summed E-state index contributed by atoms with van der Waals surface area (Å²) in [5.41, 5.74) is 1.48. The average molecular weight is 392 g/mol. The summed E-state index contributed by atoms with van der Waals surface area (Å²) in [6.07, 6.45) is 0.158. The van der Waals surface area contributed by atoms with Gasteiger partial charge in [-0.1, -0.05) is 35.9 Å². The molecule has 0 aliphatic carbocycles. The van der Waals surface area contributed by atoms with E-state index in [2.05, 4.69) is 15.0 Å². The summed E-state index contributed by atoms with van der Waals surface area (Å²) in [6, 6.07) is 13.7. The van der Waals surface area contributed by atoms with Crippen LogP contribution in [0.2, 0.25) is 5.02 Å². The topological polar surface area (TPSA) is 87.6 Å². The number of amidine groups is 1. The zero-order chi connectivity index (χ0) is 18.7. The first-order valence-corrected chi connectivity index (χ1v) is 9.94. The molecule has 0 fully saturated rings. The normalized spacial score (nSPS) is 17.4. The number of benzene rings is 2. The molecule has 26 heavy (non-hydrogen) atoms. The predicted octanol–water partition coefficient (Wildman–Crippen LogP) is 2.65. The van der Waals surface area contributed by atoms with Crippen molar-refractivity contribution in [2.24, 2.45) is 4.99 Å². The maximum atomic E-state index is 12.1. The highest BCUT2D eigenvalue weighted by atomic mass is 35.5. The van der Waals surface area contributed by atoms with Crippen molar-refractivity contribution in [3.63, 3.8) is 0 Å². The molecule has 136 valence electrons. The van der Waals surface area contributed by atoms with Crippen LogP contribution in [0.1, 0.15) is 30.5 Å². The minimum atomic E-state index is -3.56. The van der Waals surface area contributed by atoms with Gasteiger partial charge in [-0.3, -0.25) is 14.5 Å². The van der Waals surface area contributed by atoms with Crippen LogP contribution in [-0.2, 0) is 14.8 Å². The van der Waals surface area contributed by atoms with Gasteiger partial charge in [0, 0.05) is 17.0 Å². The number of amides is 1. The van der Waals surface area contributed by atoms with Crippen LogP contribution < -0.4 is 10.0 Å². The van der Waals surface area contributed by atoms with E-state index in [9.17, 15) is 13.2 Å². The third kappa shape index (κ3) is 4.05. The average Bonchev–Trinajstić information content (AvgIpc) is 2.86. The van der Waals surface area contributed by atoms with E-state index >= 15 is 0 Å². The van der Waals surface area contributed by atoms with Crippen LogP contribution in [0.3, 0.4) is 0 Å². The van der Waals surface area contributed by atoms with E-state index in [0.717, 1.165) is 5.56 Å². The lowest BCUT2D eigenvalue weighted by atomic mass is 10.1. The molecule has 1 amide bonds. The molecule has 0 saturated carbocycles. The lowest BCUT2D eigenvalue weighted by molar-refractivity contribution is -0.121. The lowest BCUT2D eigenvalue weighted by Crippen LogP contribution is -2.27. The van der Waals surface area contributed by atoms with Crippen LogP contribution in [0.25, 0.3) is 0 Å². The molecule has 0 unspecified atom stereocenters. The van der Waals surface area contributed by atoms with Crippen molar-refractivity contribution in [2.45, 2.75) is 24.3 Å². The molecule has 3 rings (SSSR count). The van der Waals surface area contributed by atoms with Gasteiger partial charge in [0.15, 0.2) is 0 Å². The van der Waals surface area contributed by atoms with E-state index in [0.29, 0.717) is 10.6 Å². The summed E-state index contributed by atoms with van der Waals surface area (Å²) in [5, 5.41) is 3.53. The number of hydrogen-bond acceptors (Lipinski definition) is 4. The Morgan fingerprint density at radius 2 is 1.88 bits per heavy atom. The largest absolute Gasteiger partial charge is 0.350 e. The molecule has 8 heteroatoms. The summed E-state index contributed by atoms with van der Waals surface area (Å²) in [7, 11) is -3.56. The van der Waals surface area contributed by atoms with Crippen molar-refractivity contribution in [3.8, 4) is 0 Å². The van der Waals surface area contributed by atoms with Crippen molar-refractivity contribution in [1.29, 1.82) is 0 Å². The zero-order valence-corrected chi connectivity index (χ0v) is 15.6. The van der Waals surface area contributed by atoms with Crippen LogP contribution in [-0.4, -0.2) is 26.7 Å². The van der Waals surface area contributed by atoms with E-state index in [1.807, 2.05) is 19.1 Å². The first kappa shape index (κ1) is 18.4. The molecule has 1 atom stereocenters. The standard InChI is InChI=1S/C18H18ClN3O3S/c1-12(13-6-8-14(19)9-7-13)21-17(23)10-11-20-18-15-4-2-3-5-16(15)26(24,25)22-18/h2-9,12H,10-11H2,1H3,(H,20,22)(H,21,23)/t12-/m0/s1. The highest BCUT2D eigenvalue weighted by molar-refractivity contribution is 7.90. The number of rotatable bonds is 5. The molecular formula is C18H18ClN3O3S. The van der Waals surface area contributed by atoms with Crippen LogP contribution in [0.4, 0.5) is 0 Å². The van der Waals surface area contributed by atoms with E-state index < -0.39 is 10.0 Å². The van der Waals surface area contributed by atoms with Gasteiger partial charge in [-0.05, 0) is 36.8 Å². The van der Waals surface area contributed by atoms with Crippen LogP contribution in [0, 0.1) is 0 Å². The zero-order valence-electron chi connectivity index (χ0n) is 14.1. The van der Waals surface area contributed by atoms with Gasteiger partial charge in [0.25, 0.3) is 10.0 Å². The number of nitrogens with zero attached hydrogens (tertiary/aromatic N) is 1. The quantitative estimate of drug-likeness (QED) is 0.821. The highest BCUT2D eigenvalue weighted by Gasteiger charge is 2.29. The molecule has 1 heterocycles. The Morgan fingerprint density at radius 3 is 2.62 bits per heavy atom. The molecular weight excluding hydrogens is 374 g/mol. The first-order valence-electron chi connectivity index (χ1n) is 8.08. The molecule has 1 aliphatic heterocycles. The SMILES string of the molecule is C[C@H](NC(=O)CCN=C1NS(=O)(=O)c2ccccc21)c1ccc(Cl)cc1. The van der Waals surface area contributed by atoms with Gasteiger partial charge in [0.2, 0.25) is 5.91 Å². The number of sulfonamides is 1. The summed E-state index contributed by atoms with van der Waals surface area (Å²) in [4.78, 5) is 16.5. The van der Waals surface area contributed by atoms with Crippen LogP contribution >= 0.6 is 11.6 Å². The van der Waals surface area contributed by atoms with E-state index in [-0.39, 0.29) is 35.6 Å². The Kier molecular flexibility index (Phi) is 5.29. The fraction of sp³-hybridized carbons (Fsp3) is 0.222. The predicted molar refractivity (Wildman–Crippen MR) is 101 cm³/mol. The van der Waals surface area contributed by atoms with E-state index in [4.69, 9.17) is 11.6 Å². The summed E-state index contributed by atoms with van der Waals surface area (Å²) >= 11 is 5.86. The number of fused-ring (bicyclic) bond motifs is 1. The Hall–Kier alpha value is -2.38.